The molecular weight excluding hydrogens is 236 g/mol. The number of aliphatic hydroxyl groups is 1. The maximum absolute atomic E-state index is 10.1. The fourth-order valence-corrected chi connectivity index (χ4v) is 2.70. The molecule has 0 bridgehead atoms. The highest BCUT2D eigenvalue weighted by Gasteiger charge is 2.13. The van der Waals surface area contributed by atoms with Crippen LogP contribution in [0.4, 0.5) is 5.69 Å². The van der Waals surface area contributed by atoms with Gasteiger partial charge in [-0.2, -0.15) is 0 Å². The lowest BCUT2D eigenvalue weighted by atomic mass is 9.89. The van der Waals surface area contributed by atoms with Crippen molar-refractivity contribution in [3.8, 4) is 0 Å². The van der Waals surface area contributed by atoms with Gasteiger partial charge in [0.15, 0.2) is 0 Å². The predicted molar refractivity (Wildman–Crippen MR) is 80.1 cm³/mol. The van der Waals surface area contributed by atoms with Crippen molar-refractivity contribution in [3.05, 3.63) is 29.8 Å². The molecule has 1 aromatic carbocycles. The van der Waals surface area contributed by atoms with Gasteiger partial charge in [-0.1, -0.05) is 31.4 Å². The van der Waals surface area contributed by atoms with Gasteiger partial charge in [0.2, 0.25) is 0 Å². The van der Waals surface area contributed by atoms with Crippen molar-refractivity contribution in [2.75, 3.05) is 18.4 Å². The van der Waals surface area contributed by atoms with Gasteiger partial charge in [0.25, 0.3) is 0 Å². The second-order valence-corrected chi connectivity index (χ2v) is 5.32. The maximum atomic E-state index is 10.1. The van der Waals surface area contributed by atoms with E-state index in [4.69, 9.17) is 8.48 Å². The smallest absolute Gasteiger partial charge is 0.0802 e. The van der Waals surface area contributed by atoms with Crippen LogP contribution < -0.4 is 11.1 Å². The van der Waals surface area contributed by atoms with E-state index in [0.717, 1.165) is 18.2 Å². The van der Waals surface area contributed by atoms with Gasteiger partial charge in [-0.05, 0) is 49.4 Å². The summed E-state index contributed by atoms with van der Waals surface area (Å²) in [6, 6.07) is 7.36. The molecular formula is C16H26N2O. The fourth-order valence-electron chi connectivity index (χ4n) is 2.70. The molecule has 0 aromatic heterocycles. The van der Waals surface area contributed by atoms with Crippen LogP contribution in [0.25, 0.3) is 0 Å². The molecule has 1 fully saturated rings. The average Bonchev–Trinajstić information content (AvgIpc) is 2.53. The van der Waals surface area contributed by atoms with Gasteiger partial charge in [-0.3, -0.25) is 0 Å². The number of nitrogens with two attached hydrogens (primary N) is 1. The molecule has 0 heterocycles. The summed E-state index contributed by atoms with van der Waals surface area (Å²) in [5.41, 5.74) is 6.89. The lowest BCUT2D eigenvalue weighted by Crippen LogP contribution is -2.17. The van der Waals surface area contributed by atoms with Crippen LogP contribution in [-0.4, -0.2) is 18.2 Å². The molecule has 3 heteroatoms. The molecule has 1 unspecified atom stereocenters. The molecule has 2 rings (SSSR count). The maximum Gasteiger partial charge on any atom is 0.0802 e. The minimum Gasteiger partial charge on any atom is -0.388 e. The molecule has 0 radical (unpaired) electrons. The van der Waals surface area contributed by atoms with Crippen LogP contribution in [0.5, 0.6) is 0 Å². The average molecular weight is 264 g/mol. The van der Waals surface area contributed by atoms with Gasteiger partial charge in [-0.15, -0.1) is 0 Å². The minimum atomic E-state index is -1.80. The lowest BCUT2D eigenvalue weighted by molar-refractivity contribution is 0.170. The molecule has 1 aromatic rings. The highest BCUT2D eigenvalue weighted by atomic mass is 16.3. The highest BCUT2D eigenvalue weighted by Crippen LogP contribution is 2.25. The van der Waals surface area contributed by atoms with Crippen molar-refractivity contribution >= 4 is 5.69 Å². The molecule has 1 saturated carbocycles. The Kier molecular flexibility index (Phi) is 4.64. The summed E-state index contributed by atoms with van der Waals surface area (Å²) in [5, 5.41) is 13.5. The molecule has 1 aliphatic rings. The zero-order valence-electron chi connectivity index (χ0n) is 13.4. The monoisotopic (exact) mass is 264 g/mol. The van der Waals surface area contributed by atoms with E-state index in [9.17, 15) is 5.11 Å². The Labute approximate surface area is 119 Å². The SMILES string of the molecule is [2H]C([2H])(CN)C(O)c1cccc(NCC2CCCCC2)c1. The third-order valence-corrected chi connectivity index (χ3v) is 3.83. The van der Waals surface area contributed by atoms with Crippen molar-refractivity contribution in [2.24, 2.45) is 11.7 Å². The zero-order chi connectivity index (χ0) is 15.3. The van der Waals surface area contributed by atoms with E-state index in [1.165, 1.54) is 32.1 Å². The third-order valence-electron chi connectivity index (χ3n) is 3.83. The quantitative estimate of drug-likeness (QED) is 0.740. The Hall–Kier alpha value is -1.06. The Bertz CT molecular complexity index is 448. The third kappa shape index (κ3) is 4.51. The van der Waals surface area contributed by atoms with Gasteiger partial charge in [0, 0.05) is 15.0 Å². The van der Waals surface area contributed by atoms with E-state index >= 15 is 0 Å². The molecule has 1 atom stereocenters. The van der Waals surface area contributed by atoms with Crippen LogP contribution in [0.2, 0.25) is 0 Å². The normalized spacial score (nSPS) is 20.5. The summed E-state index contributed by atoms with van der Waals surface area (Å²) >= 11 is 0. The largest absolute Gasteiger partial charge is 0.388 e. The highest BCUT2D eigenvalue weighted by molar-refractivity contribution is 5.46. The summed E-state index contributed by atoms with van der Waals surface area (Å²) in [7, 11) is 0. The van der Waals surface area contributed by atoms with Crippen LogP contribution >= 0.6 is 0 Å². The Morgan fingerprint density at radius 3 is 2.89 bits per heavy atom. The molecule has 0 amide bonds. The summed E-state index contributed by atoms with van der Waals surface area (Å²) in [6.45, 7) is 0.747. The van der Waals surface area contributed by atoms with E-state index < -0.39 is 12.5 Å². The van der Waals surface area contributed by atoms with Crippen molar-refractivity contribution in [3.63, 3.8) is 0 Å². The molecule has 4 N–H and O–H groups in total. The van der Waals surface area contributed by atoms with Crippen molar-refractivity contribution in [1.29, 1.82) is 0 Å². The van der Waals surface area contributed by atoms with E-state index in [1.807, 2.05) is 18.2 Å². The number of hydrogen-bond donors (Lipinski definition) is 3. The van der Waals surface area contributed by atoms with E-state index in [1.54, 1.807) is 6.07 Å². The first-order chi connectivity index (χ1) is 10.0. The number of rotatable bonds is 6. The first-order valence-electron chi connectivity index (χ1n) is 8.25. The van der Waals surface area contributed by atoms with E-state index in [-0.39, 0.29) is 6.54 Å². The Morgan fingerprint density at radius 2 is 2.16 bits per heavy atom. The fraction of sp³-hybridized carbons (Fsp3) is 0.625. The summed E-state index contributed by atoms with van der Waals surface area (Å²) < 4.78 is 15.4. The van der Waals surface area contributed by atoms with Crippen LogP contribution in [0.3, 0.4) is 0 Å². The summed E-state index contributed by atoms with van der Waals surface area (Å²) in [6.07, 6.45) is 3.56. The zero-order valence-corrected chi connectivity index (χ0v) is 11.4. The summed E-state index contributed by atoms with van der Waals surface area (Å²) in [4.78, 5) is 0. The molecule has 106 valence electrons. The van der Waals surface area contributed by atoms with Crippen LogP contribution in [0, 0.1) is 5.92 Å². The number of anilines is 1. The Balaban J connectivity index is 1.97. The van der Waals surface area contributed by atoms with Gasteiger partial charge < -0.3 is 16.2 Å². The summed E-state index contributed by atoms with van der Waals surface area (Å²) in [5.74, 6) is 0.725. The van der Waals surface area contributed by atoms with Crippen LogP contribution in [0.1, 0.15) is 52.9 Å². The standard InChI is InChI=1S/C16H26N2O/c17-10-9-16(19)14-7-4-8-15(11-14)18-12-13-5-2-1-3-6-13/h4,7-8,11,13,16,18-19H,1-3,5-6,9-10,12,17H2/i9D2. The van der Waals surface area contributed by atoms with Crippen molar-refractivity contribution in [2.45, 2.75) is 44.6 Å². The van der Waals surface area contributed by atoms with Crippen molar-refractivity contribution in [1.82, 2.24) is 0 Å². The molecule has 1 aliphatic carbocycles. The first kappa shape index (κ1) is 11.7. The predicted octanol–water partition coefficient (Wildman–Crippen LogP) is 3.06. The van der Waals surface area contributed by atoms with E-state index in [0.29, 0.717) is 5.56 Å². The number of benzene rings is 1. The van der Waals surface area contributed by atoms with Crippen LogP contribution in [-0.2, 0) is 0 Å². The lowest BCUT2D eigenvalue weighted by Gasteiger charge is -2.22. The van der Waals surface area contributed by atoms with Gasteiger partial charge in [-0.25, -0.2) is 0 Å². The molecule has 0 spiro atoms. The molecule has 0 aliphatic heterocycles. The van der Waals surface area contributed by atoms with Crippen molar-refractivity contribution < 1.29 is 7.85 Å². The topological polar surface area (TPSA) is 58.3 Å². The second-order valence-electron chi connectivity index (χ2n) is 5.32. The molecule has 19 heavy (non-hydrogen) atoms. The number of hydrogen-bond acceptors (Lipinski definition) is 3. The van der Waals surface area contributed by atoms with Crippen LogP contribution in [0.15, 0.2) is 24.3 Å². The van der Waals surface area contributed by atoms with E-state index in [2.05, 4.69) is 5.32 Å². The number of aliphatic hydroxyl groups excluding tert-OH is 1. The first-order valence-corrected chi connectivity index (χ1v) is 7.25. The molecule has 0 saturated heterocycles. The minimum absolute atomic E-state index is 0.200. The van der Waals surface area contributed by atoms with Gasteiger partial charge in [0.05, 0.1) is 6.10 Å². The van der Waals surface area contributed by atoms with Gasteiger partial charge >= 0.3 is 0 Å². The second kappa shape index (κ2) is 7.51. The number of nitrogens with one attached hydrogen (secondary N) is 1. The van der Waals surface area contributed by atoms with Gasteiger partial charge in [0.1, 0.15) is 0 Å². The Morgan fingerprint density at radius 1 is 1.37 bits per heavy atom. The molecule has 3 nitrogen and oxygen atoms in total.